The summed E-state index contributed by atoms with van der Waals surface area (Å²) >= 11 is 0. The highest BCUT2D eigenvalue weighted by Crippen LogP contribution is 2.22. The standard InChI is InChI=1S/C13H18N2O3/c1-11(12-5-3-2-4-6-12)15(13(16)17)14-7-9-18-10-8-14/h2-6,11H,7-10H2,1H3,(H,16,17). The van der Waals surface area contributed by atoms with Gasteiger partial charge in [-0.1, -0.05) is 30.3 Å². The zero-order chi connectivity index (χ0) is 13.0. The fourth-order valence-corrected chi connectivity index (χ4v) is 2.17. The lowest BCUT2D eigenvalue weighted by Crippen LogP contribution is -2.51. The summed E-state index contributed by atoms with van der Waals surface area (Å²) in [5, 5.41) is 12.6. The summed E-state index contributed by atoms with van der Waals surface area (Å²) in [5.41, 5.74) is 0.992. The van der Waals surface area contributed by atoms with E-state index in [2.05, 4.69) is 0 Å². The monoisotopic (exact) mass is 250 g/mol. The first kappa shape index (κ1) is 12.9. The molecule has 1 atom stereocenters. The molecule has 18 heavy (non-hydrogen) atoms. The van der Waals surface area contributed by atoms with Gasteiger partial charge < -0.3 is 9.84 Å². The first-order valence-electron chi connectivity index (χ1n) is 6.10. The molecule has 98 valence electrons. The van der Waals surface area contributed by atoms with Gasteiger partial charge in [-0.2, -0.15) is 0 Å². The Morgan fingerprint density at radius 1 is 1.33 bits per heavy atom. The van der Waals surface area contributed by atoms with Crippen LogP contribution in [-0.2, 0) is 4.74 Å². The van der Waals surface area contributed by atoms with Gasteiger partial charge in [-0.25, -0.2) is 14.8 Å². The Kier molecular flexibility index (Phi) is 4.17. The normalized spacial score (nSPS) is 18.3. The molecule has 1 heterocycles. The molecule has 1 fully saturated rings. The van der Waals surface area contributed by atoms with Crippen LogP contribution in [-0.4, -0.2) is 47.5 Å². The first-order chi connectivity index (χ1) is 8.70. The molecule has 0 bridgehead atoms. The smallest absolute Gasteiger partial charge is 0.422 e. The molecule has 0 radical (unpaired) electrons. The van der Waals surface area contributed by atoms with Crippen LogP contribution in [0.5, 0.6) is 0 Å². The van der Waals surface area contributed by atoms with Crippen LogP contribution in [0.2, 0.25) is 0 Å². The maximum absolute atomic E-state index is 11.5. The second-order valence-corrected chi connectivity index (χ2v) is 4.28. The Bertz CT molecular complexity index is 390. The third-order valence-corrected chi connectivity index (χ3v) is 3.14. The Morgan fingerprint density at radius 2 is 1.94 bits per heavy atom. The number of hydrazine groups is 1. The SMILES string of the molecule is CC(c1ccccc1)N(C(=O)O)N1CCOCC1. The van der Waals surface area contributed by atoms with Gasteiger partial charge >= 0.3 is 6.09 Å². The van der Waals surface area contributed by atoms with Crippen LogP contribution in [0.25, 0.3) is 0 Å². The molecule has 1 N–H and O–H groups in total. The molecule has 0 aromatic heterocycles. The van der Waals surface area contributed by atoms with Gasteiger partial charge in [0.1, 0.15) is 0 Å². The number of ether oxygens (including phenoxy) is 1. The molecule has 0 saturated carbocycles. The summed E-state index contributed by atoms with van der Waals surface area (Å²) in [6.45, 7) is 4.28. The van der Waals surface area contributed by atoms with Crippen LogP contribution < -0.4 is 0 Å². The first-order valence-corrected chi connectivity index (χ1v) is 6.10. The second-order valence-electron chi connectivity index (χ2n) is 4.28. The van der Waals surface area contributed by atoms with E-state index in [1.807, 2.05) is 42.3 Å². The molecular formula is C13H18N2O3. The number of hydrogen-bond acceptors (Lipinski definition) is 3. The van der Waals surface area contributed by atoms with Crippen molar-refractivity contribution in [1.29, 1.82) is 0 Å². The summed E-state index contributed by atoms with van der Waals surface area (Å²) in [4.78, 5) is 11.5. The molecule has 1 unspecified atom stereocenters. The number of carbonyl (C=O) groups is 1. The molecule has 1 amide bonds. The highest BCUT2D eigenvalue weighted by Gasteiger charge is 2.28. The lowest BCUT2D eigenvalue weighted by molar-refractivity contribution is -0.0912. The van der Waals surface area contributed by atoms with Crippen LogP contribution in [0.3, 0.4) is 0 Å². The number of rotatable bonds is 3. The maximum atomic E-state index is 11.5. The molecule has 1 aromatic rings. The van der Waals surface area contributed by atoms with E-state index >= 15 is 0 Å². The highest BCUT2D eigenvalue weighted by molar-refractivity contribution is 5.65. The lowest BCUT2D eigenvalue weighted by Gasteiger charge is -2.39. The topological polar surface area (TPSA) is 53.0 Å². The maximum Gasteiger partial charge on any atom is 0.422 e. The molecule has 5 nitrogen and oxygen atoms in total. The van der Waals surface area contributed by atoms with E-state index in [0.717, 1.165) is 5.56 Å². The van der Waals surface area contributed by atoms with Gasteiger partial charge in [0, 0.05) is 13.1 Å². The summed E-state index contributed by atoms with van der Waals surface area (Å²) < 4.78 is 5.25. The Morgan fingerprint density at radius 3 is 2.50 bits per heavy atom. The molecule has 1 aliphatic heterocycles. The summed E-state index contributed by atoms with van der Waals surface area (Å²) in [7, 11) is 0. The van der Waals surface area contributed by atoms with Gasteiger partial charge in [0.15, 0.2) is 0 Å². The van der Waals surface area contributed by atoms with E-state index in [1.165, 1.54) is 5.01 Å². The zero-order valence-corrected chi connectivity index (χ0v) is 10.5. The number of hydrogen-bond donors (Lipinski definition) is 1. The van der Waals surface area contributed by atoms with Crippen molar-refractivity contribution >= 4 is 6.09 Å². The molecule has 1 aliphatic rings. The van der Waals surface area contributed by atoms with Crippen LogP contribution in [0.1, 0.15) is 18.5 Å². The quantitative estimate of drug-likeness (QED) is 0.891. The molecular weight excluding hydrogens is 232 g/mol. The number of benzene rings is 1. The van der Waals surface area contributed by atoms with Gasteiger partial charge in [-0.05, 0) is 12.5 Å². The van der Waals surface area contributed by atoms with E-state index in [4.69, 9.17) is 4.74 Å². The van der Waals surface area contributed by atoms with Gasteiger partial charge in [-0.15, -0.1) is 0 Å². The van der Waals surface area contributed by atoms with E-state index in [0.29, 0.717) is 26.3 Å². The summed E-state index contributed by atoms with van der Waals surface area (Å²) in [6, 6.07) is 9.47. The fraction of sp³-hybridized carbons (Fsp3) is 0.462. The fourth-order valence-electron chi connectivity index (χ4n) is 2.17. The van der Waals surface area contributed by atoms with Crippen molar-refractivity contribution in [2.45, 2.75) is 13.0 Å². The lowest BCUT2D eigenvalue weighted by atomic mass is 10.1. The molecule has 0 spiro atoms. The van der Waals surface area contributed by atoms with Crippen molar-refractivity contribution in [3.8, 4) is 0 Å². The van der Waals surface area contributed by atoms with Crippen LogP contribution in [0.15, 0.2) is 30.3 Å². The predicted molar refractivity (Wildman–Crippen MR) is 67.1 cm³/mol. The number of amides is 1. The summed E-state index contributed by atoms with van der Waals surface area (Å²) in [6.07, 6.45) is -0.923. The Labute approximate surface area is 107 Å². The zero-order valence-electron chi connectivity index (χ0n) is 10.5. The van der Waals surface area contributed by atoms with E-state index < -0.39 is 6.09 Å². The van der Waals surface area contributed by atoms with Crippen molar-refractivity contribution in [3.05, 3.63) is 35.9 Å². The summed E-state index contributed by atoms with van der Waals surface area (Å²) in [5.74, 6) is 0. The average molecular weight is 250 g/mol. The highest BCUT2D eigenvalue weighted by atomic mass is 16.5. The molecule has 2 rings (SSSR count). The minimum atomic E-state index is -0.923. The van der Waals surface area contributed by atoms with Crippen molar-refractivity contribution in [3.63, 3.8) is 0 Å². The molecule has 1 saturated heterocycles. The van der Waals surface area contributed by atoms with Crippen molar-refractivity contribution in [2.24, 2.45) is 0 Å². The number of carboxylic acid groups (broad SMARTS) is 1. The minimum Gasteiger partial charge on any atom is -0.464 e. The average Bonchev–Trinajstić information content (AvgIpc) is 2.40. The molecule has 1 aromatic carbocycles. The van der Waals surface area contributed by atoms with Crippen LogP contribution in [0, 0.1) is 0 Å². The van der Waals surface area contributed by atoms with Crippen molar-refractivity contribution in [1.82, 2.24) is 10.0 Å². The van der Waals surface area contributed by atoms with Gasteiger partial charge in [-0.3, -0.25) is 0 Å². The van der Waals surface area contributed by atoms with E-state index in [1.54, 1.807) is 0 Å². The van der Waals surface area contributed by atoms with Crippen LogP contribution in [0.4, 0.5) is 4.79 Å². The van der Waals surface area contributed by atoms with Crippen LogP contribution >= 0.6 is 0 Å². The predicted octanol–water partition coefficient (Wildman–Crippen LogP) is 1.97. The van der Waals surface area contributed by atoms with Crippen molar-refractivity contribution in [2.75, 3.05) is 26.3 Å². The Balaban J connectivity index is 2.16. The van der Waals surface area contributed by atoms with E-state index in [-0.39, 0.29) is 6.04 Å². The second kappa shape index (κ2) is 5.84. The number of nitrogens with zero attached hydrogens (tertiary/aromatic N) is 2. The minimum absolute atomic E-state index is 0.193. The largest absolute Gasteiger partial charge is 0.464 e. The molecule has 0 aliphatic carbocycles. The van der Waals surface area contributed by atoms with E-state index in [9.17, 15) is 9.90 Å². The van der Waals surface area contributed by atoms with Crippen molar-refractivity contribution < 1.29 is 14.6 Å². The van der Waals surface area contributed by atoms with Gasteiger partial charge in [0.05, 0.1) is 19.3 Å². The molecule has 5 heteroatoms. The third kappa shape index (κ3) is 2.80. The number of morpholine rings is 1. The Hall–Kier alpha value is -1.59. The van der Waals surface area contributed by atoms with Gasteiger partial charge in [0.25, 0.3) is 0 Å². The third-order valence-electron chi connectivity index (χ3n) is 3.14. The van der Waals surface area contributed by atoms with Gasteiger partial charge in [0.2, 0.25) is 0 Å².